The molecular weight excluding hydrogens is 128 g/mol. The van der Waals surface area contributed by atoms with Gasteiger partial charge < -0.3 is 5.32 Å². The first kappa shape index (κ1) is 9.27. The minimum atomic E-state index is -0.184. The van der Waals surface area contributed by atoms with E-state index in [0.717, 1.165) is 19.4 Å². The quantitative estimate of drug-likeness (QED) is 0.589. The first-order valence-corrected chi connectivity index (χ1v) is 3.76. The summed E-state index contributed by atoms with van der Waals surface area (Å²) in [4.78, 5) is 10.6. The van der Waals surface area contributed by atoms with Gasteiger partial charge in [0, 0.05) is 13.1 Å². The number of hydrogen-bond donors (Lipinski definition) is 1. The minimum Gasteiger partial charge on any atom is -0.337 e. The second kappa shape index (κ2) is 6.39. The first-order valence-electron chi connectivity index (χ1n) is 3.76. The van der Waals surface area contributed by atoms with Crippen molar-refractivity contribution in [1.29, 1.82) is 0 Å². The molecule has 1 N–H and O–H groups in total. The molecule has 0 saturated heterocycles. The number of nitrogens with one attached hydrogen (secondary N) is 1. The molecular formula is C7H15N2O. The van der Waals surface area contributed by atoms with Crippen molar-refractivity contribution in [3.63, 3.8) is 0 Å². The molecule has 0 aliphatic carbocycles. The summed E-state index contributed by atoms with van der Waals surface area (Å²) in [5.41, 5.74) is 0. The zero-order valence-corrected chi connectivity index (χ0v) is 6.68. The molecule has 3 heteroatoms. The summed E-state index contributed by atoms with van der Waals surface area (Å²) in [6.07, 6.45) is 2.14. The number of hydrogen-bond acceptors (Lipinski definition) is 1. The molecule has 10 heavy (non-hydrogen) atoms. The SMILES string of the molecule is CCCCNC(=O)[N]CC. The predicted octanol–water partition coefficient (Wildman–Crippen LogP) is 1.12. The molecule has 0 rings (SSSR count). The van der Waals surface area contributed by atoms with Crippen LogP contribution in [0.4, 0.5) is 4.79 Å². The highest BCUT2D eigenvalue weighted by atomic mass is 16.2. The highest BCUT2D eigenvalue weighted by Gasteiger charge is 1.95. The Morgan fingerprint density at radius 3 is 2.70 bits per heavy atom. The summed E-state index contributed by atoms with van der Waals surface area (Å²) in [6, 6.07) is -0.184. The number of nitrogens with zero attached hydrogens (tertiary/aromatic N) is 1. The van der Waals surface area contributed by atoms with Crippen LogP contribution in [0.2, 0.25) is 0 Å². The molecule has 0 fully saturated rings. The molecule has 59 valence electrons. The first-order chi connectivity index (χ1) is 4.81. The molecule has 0 bridgehead atoms. The molecule has 2 amide bonds. The van der Waals surface area contributed by atoms with Crippen molar-refractivity contribution in [2.75, 3.05) is 13.1 Å². The number of carbonyl (C=O) groups is 1. The Bertz CT molecular complexity index is 93.6. The van der Waals surface area contributed by atoms with Gasteiger partial charge in [0.15, 0.2) is 0 Å². The maximum atomic E-state index is 10.6. The topological polar surface area (TPSA) is 43.2 Å². The van der Waals surface area contributed by atoms with Gasteiger partial charge in [0.25, 0.3) is 0 Å². The lowest BCUT2D eigenvalue weighted by atomic mass is 10.3. The van der Waals surface area contributed by atoms with Gasteiger partial charge in [-0.05, 0) is 13.3 Å². The Morgan fingerprint density at radius 2 is 2.20 bits per heavy atom. The molecule has 1 radical (unpaired) electrons. The van der Waals surface area contributed by atoms with Gasteiger partial charge >= 0.3 is 6.03 Å². The Kier molecular flexibility index (Phi) is 5.92. The fourth-order valence-electron chi connectivity index (χ4n) is 0.572. The van der Waals surface area contributed by atoms with E-state index in [9.17, 15) is 4.79 Å². The predicted molar refractivity (Wildman–Crippen MR) is 41.0 cm³/mol. The summed E-state index contributed by atoms with van der Waals surface area (Å²) < 4.78 is 0. The summed E-state index contributed by atoms with van der Waals surface area (Å²) in [6.45, 7) is 5.25. The van der Waals surface area contributed by atoms with Gasteiger partial charge in [-0.3, -0.25) is 0 Å². The third-order valence-electron chi connectivity index (χ3n) is 1.11. The van der Waals surface area contributed by atoms with Gasteiger partial charge in [-0.2, -0.15) is 0 Å². The largest absolute Gasteiger partial charge is 0.337 e. The maximum Gasteiger partial charge on any atom is 0.336 e. The summed E-state index contributed by atoms with van der Waals surface area (Å²) in [7, 11) is 0. The van der Waals surface area contributed by atoms with E-state index in [0.29, 0.717) is 6.54 Å². The van der Waals surface area contributed by atoms with Crippen LogP contribution in [-0.4, -0.2) is 19.1 Å². The Labute approximate surface area is 62.2 Å². The van der Waals surface area contributed by atoms with E-state index >= 15 is 0 Å². The van der Waals surface area contributed by atoms with E-state index in [1.54, 1.807) is 0 Å². The van der Waals surface area contributed by atoms with E-state index in [-0.39, 0.29) is 6.03 Å². The molecule has 0 aromatic rings. The minimum absolute atomic E-state index is 0.184. The lowest BCUT2D eigenvalue weighted by Gasteiger charge is -2.00. The van der Waals surface area contributed by atoms with E-state index in [1.165, 1.54) is 0 Å². The molecule has 0 atom stereocenters. The molecule has 0 spiro atoms. The van der Waals surface area contributed by atoms with Gasteiger partial charge in [0.1, 0.15) is 0 Å². The normalized spacial score (nSPS) is 9.00. The van der Waals surface area contributed by atoms with E-state index in [1.807, 2.05) is 6.92 Å². The summed E-state index contributed by atoms with van der Waals surface area (Å²) in [5, 5.41) is 6.33. The van der Waals surface area contributed by atoms with E-state index in [2.05, 4.69) is 17.6 Å². The summed E-state index contributed by atoms with van der Waals surface area (Å²) >= 11 is 0. The molecule has 0 heterocycles. The van der Waals surface area contributed by atoms with Crippen LogP contribution in [0.5, 0.6) is 0 Å². The van der Waals surface area contributed by atoms with Gasteiger partial charge in [0.05, 0.1) is 0 Å². The molecule has 0 aliphatic heterocycles. The summed E-state index contributed by atoms with van der Waals surface area (Å²) in [5.74, 6) is 0. The van der Waals surface area contributed by atoms with Crippen LogP contribution in [0.1, 0.15) is 26.7 Å². The Morgan fingerprint density at radius 1 is 1.50 bits per heavy atom. The van der Waals surface area contributed by atoms with Crippen LogP contribution < -0.4 is 10.6 Å². The van der Waals surface area contributed by atoms with Gasteiger partial charge in [0.2, 0.25) is 0 Å². The Balaban J connectivity index is 3.05. The van der Waals surface area contributed by atoms with Gasteiger partial charge in [-0.25, -0.2) is 10.1 Å². The zero-order chi connectivity index (χ0) is 7.82. The van der Waals surface area contributed by atoms with Crippen LogP contribution in [0, 0.1) is 0 Å². The zero-order valence-electron chi connectivity index (χ0n) is 6.68. The standard InChI is InChI=1S/C7H15N2O/c1-3-5-6-9-7(10)8-4-2/h3-6H2,1-2H3,(H,9,10). The fraction of sp³-hybridized carbons (Fsp3) is 0.857. The number of unbranched alkanes of at least 4 members (excludes halogenated alkanes) is 1. The van der Waals surface area contributed by atoms with Crippen LogP contribution in [0.3, 0.4) is 0 Å². The van der Waals surface area contributed by atoms with Crippen molar-refractivity contribution in [1.82, 2.24) is 10.6 Å². The maximum absolute atomic E-state index is 10.6. The number of carbonyl (C=O) groups excluding carboxylic acids is 1. The monoisotopic (exact) mass is 143 g/mol. The van der Waals surface area contributed by atoms with Crippen molar-refractivity contribution in [2.45, 2.75) is 26.7 Å². The van der Waals surface area contributed by atoms with Crippen molar-refractivity contribution in [2.24, 2.45) is 0 Å². The number of urea groups is 1. The van der Waals surface area contributed by atoms with Gasteiger partial charge in [-0.15, -0.1) is 0 Å². The highest BCUT2D eigenvalue weighted by Crippen LogP contribution is 1.81. The highest BCUT2D eigenvalue weighted by molar-refractivity contribution is 5.73. The van der Waals surface area contributed by atoms with Crippen molar-refractivity contribution in [3.05, 3.63) is 0 Å². The van der Waals surface area contributed by atoms with Gasteiger partial charge in [-0.1, -0.05) is 13.3 Å². The van der Waals surface area contributed by atoms with Crippen molar-refractivity contribution < 1.29 is 4.79 Å². The van der Waals surface area contributed by atoms with Crippen LogP contribution in [-0.2, 0) is 0 Å². The number of rotatable bonds is 4. The molecule has 0 aliphatic rings. The fourth-order valence-corrected chi connectivity index (χ4v) is 0.572. The van der Waals surface area contributed by atoms with Crippen LogP contribution in [0.25, 0.3) is 0 Å². The average molecular weight is 143 g/mol. The van der Waals surface area contributed by atoms with Crippen LogP contribution >= 0.6 is 0 Å². The molecule has 3 nitrogen and oxygen atoms in total. The molecule has 0 saturated carbocycles. The third kappa shape index (κ3) is 5.41. The third-order valence-corrected chi connectivity index (χ3v) is 1.11. The average Bonchev–Trinajstić information content (AvgIpc) is 1.89. The van der Waals surface area contributed by atoms with Crippen molar-refractivity contribution in [3.8, 4) is 0 Å². The molecule has 0 unspecified atom stereocenters. The lowest BCUT2D eigenvalue weighted by Crippen LogP contribution is -2.30. The van der Waals surface area contributed by atoms with Crippen molar-refractivity contribution >= 4 is 6.03 Å². The van der Waals surface area contributed by atoms with E-state index in [4.69, 9.17) is 0 Å². The lowest BCUT2D eigenvalue weighted by molar-refractivity contribution is 0.240. The van der Waals surface area contributed by atoms with E-state index < -0.39 is 0 Å². The number of amides is 2. The molecule has 0 aromatic heterocycles. The smallest absolute Gasteiger partial charge is 0.336 e. The van der Waals surface area contributed by atoms with Crippen LogP contribution in [0.15, 0.2) is 0 Å². The molecule has 0 aromatic carbocycles. The second-order valence-electron chi connectivity index (χ2n) is 2.06. The second-order valence-corrected chi connectivity index (χ2v) is 2.06. The Hall–Kier alpha value is -0.730.